The Kier molecular flexibility index (Phi) is 3.29. The van der Waals surface area contributed by atoms with Crippen LogP contribution in [0.15, 0.2) is 12.2 Å². The molecule has 0 amide bonds. The van der Waals surface area contributed by atoms with Gasteiger partial charge >= 0.3 is 0 Å². The lowest BCUT2D eigenvalue weighted by molar-refractivity contribution is -0.477. The van der Waals surface area contributed by atoms with E-state index in [2.05, 4.69) is 12.8 Å². The third-order valence-corrected chi connectivity index (χ3v) is 0.653. The van der Waals surface area contributed by atoms with E-state index in [1.807, 2.05) is 24.6 Å². The van der Waals surface area contributed by atoms with Crippen LogP contribution in [0.4, 0.5) is 0 Å². The van der Waals surface area contributed by atoms with Crippen LogP contribution < -0.4 is 0 Å². The van der Waals surface area contributed by atoms with Crippen molar-refractivity contribution in [2.45, 2.75) is 6.92 Å². The summed E-state index contributed by atoms with van der Waals surface area (Å²) in [4.78, 5) is 0. The molecule has 0 aliphatic carbocycles. The van der Waals surface area contributed by atoms with E-state index < -0.39 is 0 Å². The molecule has 0 unspecified atom stereocenters. The number of nitrogens with zero attached hydrogens (tertiary/aromatic N) is 1. The molecular formula is C6H12N+. The summed E-state index contributed by atoms with van der Waals surface area (Å²) in [6, 6.07) is 0. The van der Waals surface area contributed by atoms with Gasteiger partial charge in [-0.05, 0) is 13.0 Å². The molecule has 0 radical (unpaired) electrons. The van der Waals surface area contributed by atoms with Gasteiger partial charge in [0, 0.05) is 0 Å². The molecule has 0 heterocycles. The minimum atomic E-state index is 0.941. The highest BCUT2D eigenvalue weighted by Crippen LogP contribution is 1.68. The minimum Gasteiger partial charge on any atom is -0.241 e. The van der Waals surface area contributed by atoms with Crippen molar-refractivity contribution in [3.63, 3.8) is 0 Å². The fraction of sp³-hybridized carbons (Fsp3) is 0.500. The third-order valence-electron chi connectivity index (χ3n) is 0.653. The SMILES string of the molecule is C=[N+](C)CC=CC. The molecule has 0 saturated heterocycles. The van der Waals surface area contributed by atoms with Crippen LogP contribution in [0, 0.1) is 0 Å². The van der Waals surface area contributed by atoms with Crippen LogP contribution in [0.1, 0.15) is 6.92 Å². The van der Waals surface area contributed by atoms with Gasteiger partial charge in [-0.15, -0.1) is 0 Å². The molecule has 0 fully saturated rings. The van der Waals surface area contributed by atoms with Gasteiger partial charge < -0.3 is 0 Å². The van der Waals surface area contributed by atoms with Gasteiger partial charge in [0.25, 0.3) is 0 Å². The van der Waals surface area contributed by atoms with E-state index in [-0.39, 0.29) is 0 Å². The lowest BCUT2D eigenvalue weighted by Crippen LogP contribution is -1.99. The van der Waals surface area contributed by atoms with Crippen molar-refractivity contribution in [3.05, 3.63) is 12.2 Å². The first-order valence-corrected chi connectivity index (χ1v) is 2.40. The van der Waals surface area contributed by atoms with E-state index >= 15 is 0 Å². The number of hydrogen-bond donors (Lipinski definition) is 0. The summed E-state index contributed by atoms with van der Waals surface area (Å²) in [5.41, 5.74) is 0. The van der Waals surface area contributed by atoms with E-state index in [4.69, 9.17) is 0 Å². The van der Waals surface area contributed by atoms with Crippen molar-refractivity contribution in [1.29, 1.82) is 0 Å². The minimum absolute atomic E-state index is 0.941. The second kappa shape index (κ2) is 3.59. The molecular weight excluding hydrogens is 86.1 g/mol. The van der Waals surface area contributed by atoms with E-state index in [0.717, 1.165) is 6.54 Å². The van der Waals surface area contributed by atoms with Crippen molar-refractivity contribution in [2.24, 2.45) is 0 Å². The zero-order valence-corrected chi connectivity index (χ0v) is 5.02. The van der Waals surface area contributed by atoms with Crippen molar-refractivity contribution in [2.75, 3.05) is 13.6 Å². The van der Waals surface area contributed by atoms with Gasteiger partial charge in [0.15, 0.2) is 6.54 Å². The van der Waals surface area contributed by atoms with E-state index in [1.165, 1.54) is 0 Å². The largest absolute Gasteiger partial charge is 0.241 e. The Labute approximate surface area is 45.0 Å². The molecule has 0 rings (SSSR count). The zero-order chi connectivity index (χ0) is 5.70. The normalized spacial score (nSPS) is 10.0. The molecule has 40 valence electrons. The molecule has 0 aliphatic heterocycles. The summed E-state index contributed by atoms with van der Waals surface area (Å²) in [7, 11) is 1.94. The average molecular weight is 98.2 g/mol. The fourth-order valence-corrected chi connectivity index (χ4v) is 0.285. The molecule has 0 bridgehead atoms. The van der Waals surface area contributed by atoms with Crippen LogP contribution in [0.2, 0.25) is 0 Å². The zero-order valence-electron chi connectivity index (χ0n) is 5.02. The van der Waals surface area contributed by atoms with Gasteiger partial charge in [0.05, 0.1) is 0 Å². The number of likely N-dealkylation sites (N-methyl/N-ethyl adjacent to an activating group) is 1. The lowest BCUT2D eigenvalue weighted by Gasteiger charge is -1.82. The Morgan fingerprint density at radius 2 is 2.29 bits per heavy atom. The molecule has 0 saturated carbocycles. The molecule has 0 aromatic rings. The summed E-state index contributed by atoms with van der Waals surface area (Å²) in [6.45, 7) is 6.60. The molecule has 1 nitrogen and oxygen atoms in total. The fourth-order valence-electron chi connectivity index (χ4n) is 0.285. The van der Waals surface area contributed by atoms with Crippen LogP contribution in [-0.2, 0) is 0 Å². The highest BCUT2D eigenvalue weighted by Gasteiger charge is 1.78. The molecule has 7 heavy (non-hydrogen) atoms. The van der Waals surface area contributed by atoms with Crippen LogP contribution in [-0.4, -0.2) is 24.9 Å². The molecule has 0 atom stereocenters. The molecule has 0 spiro atoms. The summed E-state index contributed by atoms with van der Waals surface area (Å²) >= 11 is 0. The Balaban J connectivity index is 3.14. The quantitative estimate of drug-likeness (QED) is 0.274. The topological polar surface area (TPSA) is 3.01 Å². The highest BCUT2D eigenvalue weighted by molar-refractivity contribution is 5.14. The smallest absolute Gasteiger partial charge is 0.160 e. The average Bonchev–Trinajstić information content (AvgIpc) is 1.61. The van der Waals surface area contributed by atoms with Gasteiger partial charge in [-0.2, -0.15) is 0 Å². The maximum absolute atomic E-state index is 3.66. The Hall–Kier alpha value is -0.590. The second-order valence-electron chi connectivity index (χ2n) is 1.61. The van der Waals surface area contributed by atoms with Crippen molar-refractivity contribution < 1.29 is 4.58 Å². The maximum atomic E-state index is 3.66. The summed E-state index contributed by atoms with van der Waals surface area (Å²) < 4.78 is 1.88. The summed E-state index contributed by atoms with van der Waals surface area (Å²) in [6.07, 6.45) is 4.08. The van der Waals surface area contributed by atoms with Crippen LogP contribution >= 0.6 is 0 Å². The first-order chi connectivity index (χ1) is 3.27. The predicted octanol–water partition coefficient (Wildman–Crippen LogP) is 0.905. The number of allylic oxidation sites excluding steroid dienone is 1. The molecule has 0 N–H and O–H groups in total. The van der Waals surface area contributed by atoms with E-state index in [0.29, 0.717) is 0 Å². The maximum Gasteiger partial charge on any atom is 0.160 e. The number of rotatable bonds is 2. The van der Waals surface area contributed by atoms with Gasteiger partial charge in [0.2, 0.25) is 0 Å². The van der Waals surface area contributed by atoms with Crippen LogP contribution in [0.25, 0.3) is 0 Å². The van der Waals surface area contributed by atoms with Gasteiger partial charge in [-0.25, -0.2) is 4.58 Å². The van der Waals surface area contributed by atoms with Crippen molar-refractivity contribution >= 4 is 6.72 Å². The molecule has 0 aliphatic rings. The third kappa shape index (κ3) is 5.41. The predicted molar refractivity (Wildman–Crippen MR) is 33.0 cm³/mol. The highest BCUT2D eigenvalue weighted by atomic mass is 14.9. The Bertz CT molecular complexity index is 82.2. The number of hydrogen-bond acceptors (Lipinski definition) is 0. The van der Waals surface area contributed by atoms with Crippen molar-refractivity contribution in [3.8, 4) is 0 Å². The molecule has 0 aromatic carbocycles. The van der Waals surface area contributed by atoms with Crippen LogP contribution in [0.3, 0.4) is 0 Å². The summed E-state index contributed by atoms with van der Waals surface area (Å²) in [5, 5.41) is 0. The van der Waals surface area contributed by atoms with Gasteiger partial charge in [-0.1, -0.05) is 6.08 Å². The Morgan fingerprint density at radius 1 is 1.71 bits per heavy atom. The van der Waals surface area contributed by atoms with E-state index in [9.17, 15) is 0 Å². The summed E-state index contributed by atoms with van der Waals surface area (Å²) in [5.74, 6) is 0. The molecule has 0 aromatic heterocycles. The lowest BCUT2D eigenvalue weighted by atomic mass is 10.5. The first kappa shape index (κ1) is 6.41. The monoisotopic (exact) mass is 98.1 g/mol. The van der Waals surface area contributed by atoms with Gasteiger partial charge in [0.1, 0.15) is 13.8 Å². The van der Waals surface area contributed by atoms with Gasteiger partial charge in [-0.3, -0.25) is 0 Å². The van der Waals surface area contributed by atoms with E-state index in [1.54, 1.807) is 0 Å². The second-order valence-corrected chi connectivity index (χ2v) is 1.61. The van der Waals surface area contributed by atoms with Crippen molar-refractivity contribution in [1.82, 2.24) is 0 Å². The van der Waals surface area contributed by atoms with Crippen LogP contribution in [0.5, 0.6) is 0 Å². The first-order valence-electron chi connectivity index (χ1n) is 2.40. The molecule has 1 heteroatoms. The Morgan fingerprint density at radius 3 is 2.43 bits per heavy atom. The standard InChI is InChI=1S/C6H12N/c1-4-5-6-7(2)3/h4-5H,2,6H2,1,3H3/q+1.